The van der Waals surface area contributed by atoms with Crippen molar-refractivity contribution in [3.05, 3.63) is 23.0 Å². The molecule has 0 radical (unpaired) electrons. The summed E-state index contributed by atoms with van der Waals surface area (Å²) in [4.78, 5) is 12.9. The fourth-order valence-electron chi connectivity index (χ4n) is 5.73. The Labute approximate surface area is 141 Å². The minimum absolute atomic E-state index is 0.152. The summed E-state index contributed by atoms with van der Waals surface area (Å²) in [6, 6.07) is 0. The molecule has 0 aromatic heterocycles. The van der Waals surface area contributed by atoms with Crippen LogP contribution in [0.4, 0.5) is 0 Å². The first-order valence-corrected chi connectivity index (χ1v) is 8.60. The van der Waals surface area contributed by atoms with Crippen LogP contribution in [0.25, 0.3) is 0 Å². The molecule has 0 N–H and O–H groups in total. The first kappa shape index (κ1) is 9.95. The van der Waals surface area contributed by atoms with Crippen molar-refractivity contribution in [3.8, 4) is 0 Å². The molecule has 2 fully saturated rings. The lowest BCUT2D eigenvalue weighted by atomic mass is 9.53. The van der Waals surface area contributed by atoms with Gasteiger partial charge >= 0.3 is 0 Å². The normalized spacial score (nSPS) is 45.3. The highest BCUT2D eigenvalue weighted by atomic mass is 16.5. The van der Waals surface area contributed by atoms with Gasteiger partial charge in [-0.15, -0.1) is 0 Å². The van der Waals surface area contributed by atoms with E-state index < -0.39 is 18.6 Å². The largest absolute Gasteiger partial charge is 0.501 e. The first-order valence-electron chi connectivity index (χ1n) is 11.1. The number of Topliss-reactive ketones (excluding diaryl/α,β-unsaturated/α-hetero) is 1. The molecule has 0 heterocycles. The van der Waals surface area contributed by atoms with Crippen LogP contribution in [0.3, 0.4) is 0 Å². The lowest BCUT2D eigenvalue weighted by Gasteiger charge is -2.50. The van der Waals surface area contributed by atoms with Gasteiger partial charge < -0.3 is 4.74 Å². The minimum Gasteiger partial charge on any atom is -0.501 e. The smallest absolute Gasteiger partial charge is 0.139 e. The van der Waals surface area contributed by atoms with Crippen molar-refractivity contribution in [2.24, 2.45) is 23.2 Å². The summed E-state index contributed by atoms with van der Waals surface area (Å²) < 4.78 is 45.9. The summed E-state index contributed by atoms with van der Waals surface area (Å²) in [5.74, 6) is 1.30. The van der Waals surface area contributed by atoms with Crippen molar-refractivity contribution in [2.75, 3.05) is 7.11 Å². The quantitative estimate of drug-likeness (QED) is 0.685. The lowest BCUT2D eigenvalue weighted by Crippen LogP contribution is -2.45. The van der Waals surface area contributed by atoms with Crippen LogP contribution >= 0.6 is 0 Å². The Morgan fingerprint density at radius 2 is 2.32 bits per heavy atom. The number of carbonyl (C=O) groups excluding carboxylic acids is 1. The zero-order chi connectivity index (χ0) is 19.6. The number of hydrogen-bond donors (Lipinski definition) is 0. The van der Waals surface area contributed by atoms with E-state index in [2.05, 4.69) is 6.08 Å². The molecule has 0 amide bonds. The second kappa shape index (κ2) is 5.25. The van der Waals surface area contributed by atoms with Gasteiger partial charge in [0.25, 0.3) is 0 Å². The molecule has 2 heteroatoms. The number of ether oxygens (including phenoxy) is 1. The Hall–Kier alpha value is -1.05. The molecule has 0 aromatic carbocycles. The van der Waals surface area contributed by atoms with Crippen LogP contribution in [0.5, 0.6) is 0 Å². The van der Waals surface area contributed by atoms with E-state index in [9.17, 15) is 4.79 Å². The van der Waals surface area contributed by atoms with E-state index in [4.69, 9.17) is 11.6 Å². The molecule has 120 valence electrons. The maximum absolute atomic E-state index is 12.9. The highest BCUT2D eigenvalue weighted by molar-refractivity contribution is 5.87. The van der Waals surface area contributed by atoms with Crippen LogP contribution in [-0.2, 0) is 9.53 Å². The molecule has 2 saturated carbocycles. The SMILES string of the molecule is [2H]C([2H])([2H])C([2H])([2H])[C@]12CC[C@@H]3C4=C(CC[C@H]3[C@@H]1CCC2=O)CC(OC)=CC4. The first-order chi connectivity index (χ1) is 12.6. The van der Waals surface area contributed by atoms with Gasteiger partial charge in [-0.3, -0.25) is 4.79 Å². The third-order valence-electron chi connectivity index (χ3n) is 6.80. The van der Waals surface area contributed by atoms with Crippen molar-refractivity contribution < 1.29 is 16.4 Å². The van der Waals surface area contributed by atoms with E-state index in [1.165, 1.54) is 11.1 Å². The average Bonchev–Trinajstić information content (AvgIpc) is 2.98. The van der Waals surface area contributed by atoms with E-state index in [1.807, 2.05) is 0 Å². The molecule has 0 saturated heterocycles. The predicted octanol–water partition coefficient (Wildman–Crippen LogP) is 4.80. The van der Waals surface area contributed by atoms with Crippen LogP contribution in [0.2, 0.25) is 0 Å². The molecular formula is C20H28O2. The van der Waals surface area contributed by atoms with Gasteiger partial charge in [0, 0.05) is 25.1 Å². The molecule has 0 unspecified atom stereocenters. The topological polar surface area (TPSA) is 26.3 Å². The Balaban J connectivity index is 1.69. The third-order valence-corrected chi connectivity index (χ3v) is 6.80. The number of carbonyl (C=O) groups is 1. The molecule has 0 aromatic rings. The molecule has 4 atom stereocenters. The highest BCUT2D eigenvalue weighted by Gasteiger charge is 2.56. The van der Waals surface area contributed by atoms with Crippen molar-refractivity contribution in [1.29, 1.82) is 0 Å². The van der Waals surface area contributed by atoms with Crippen molar-refractivity contribution in [1.82, 2.24) is 0 Å². The van der Waals surface area contributed by atoms with Crippen LogP contribution in [0.15, 0.2) is 23.0 Å². The number of fused-ring (bicyclic) bond motifs is 4. The second-order valence-electron chi connectivity index (χ2n) is 7.40. The number of ketones is 1. The summed E-state index contributed by atoms with van der Waals surface area (Å²) in [5.41, 5.74) is 1.57. The molecule has 4 rings (SSSR count). The van der Waals surface area contributed by atoms with E-state index in [-0.39, 0.29) is 17.6 Å². The van der Waals surface area contributed by atoms with Gasteiger partial charge in [0.15, 0.2) is 0 Å². The fraction of sp³-hybridized carbons (Fsp3) is 0.750. The van der Waals surface area contributed by atoms with Gasteiger partial charge in [-0.1, -0.05) is 18.0 Å². The van der Waals surface area contributed by atoms with Gasteiger partial charge in [-0.25, -0.2) is 0 Å². The van der Waals surface area contributed by atoms with Crippen LogP contribution in [0, 0.1) is 23.2 Å². The van der Waals surface area contributed by atoms with Crippen LogP contribution < -0.4 is 0 Å². The number of hydrogen-bond acceptors (Lipinski definition) is 2. The van der Waals surface area contributed by atoms with Crippen molar-refractivity contribution >= 4 is 5.78 Å². The Morgan fingerprint density at radius 1 is 1.41 bits per heavy atom. The molecule has 0 bridgehead atoms. The molecular weight excluding hydrogens is 272 g/mol. The number of rotatable bonds is 2. The van der Waals surface area contributed by atoms with Crippen LogP contribution in [0.1, 0.15) is 71.4 Å². The molecule has 22 heavy (non-hydrogen) atoms. The predicted molar refractivity (Wildman–Crippen MR) is 87.3 cm³/mol. The third kappa shape index (κ3) is 1.88. The molecule has 2 nitrogen and oxygen atoms in total. The summed E-state index contributed by atoms with van der Waals surface area (Å²) >= 11 is 0. The molecule has 0 aliphatic heterocycles. The zero-order valence-electron chi connectivity index (χ0n) is 18.3. The van der Waals surface area contributed by atoms with Gasteiger partial charge in [-0.2, -0.15) is 0 Å². The van der Waals surface area contributed by atoms with Gasteiger partial charge in [0.1, 0.15) is 5.78 Å². The van der Waals surface area contributed by atoms with E-state index in [0.29, 0.717) is 25.2 Å². The van der Waals surface area contributed by atoms with Crippen molar-refractivity contribution in [3.63, 3.8) is 0 Å². The average molecular weight is 305 g/mol. The Bertz CT molecular complexity index is 720. The van der Waals surface area contributed by atoms with Crippen molar-refractivity contribution in [2.45, 2.75) is 64.6 Å². The standard InChI is InChI=1S/C20H28O2/c1-3-20-11-10-16-15-7-5-14(22-2)12-13(15)4-6-17(16)18(20)8-9-19(20)21/h5,16-18H,3-4,6-12H2,1-2H3/t16-,17-,18+,20+/m1/s1/i1D3,3D2. The summed E-state index contributed by atoms with van der Waals surface area (Å²) in [5, 5.41) is 0. The monoisotopic (exact) mass is 305 g/mol. The number of methoxy groups -OCH3 is 1. The Morgan fingerprint density at radius 3 is 3.14 bits per heavy atom. The van der Waals surface area contributed by atoms with Gasteiger partial charge in [-0.05, 0) is 68.7 Å². The highest BCUT2D eigenvalue weighted by Crippen LogP contribution is 2.61. The molecule has 4 aliphatic carbocycles. The van der Waals surface area contributed by atoms with Gasteiger partial charge in [0.2, 0.25) is 0 Å². The second-order valence-corrected chi connectivity index (χ2v) is 7.40. The van der Waals surface area contributed by atoms with E-state index >= 15 is 0 Å². The number of allylic oxidation sites excluding steroid dienone is 3. The summed E-state index contributed by atoms with van der Waals surface area (Å²) in [6.07, 6.45) is 5.34. The van der Waals surface area contributed by atoms with E-state index in [0.717, 1.165) is 37.9 Å². The minimum atomic E-state index is -2.78. The van der Waals surface area contributed by atoms with Gasteiger partial charge in [0.05, 0.1) is 12.9 Å². The Kier molecular flexibility index (Phi) is 2.37. The summed E-state index contributed by atoms with van der Waals surface area (Å²) in [6.45, 7) is -2.78. The fourth-order valence-corrected chi connectivity index (χ4v) is 5.73. The zero-order valence-corrected chi connectivity index (χ0v) is 13.3. The lowest BCUT2D eigenvalue weighted by molar-refractivity contribution is -0.131. The maximum atomic E-state index is 12.9. The van der Waals surface area contributed by atoms with Crippen LogP contribution in [-0.4, -0.2) is 12.9 Å². The molecule has 4 aliphatic rings. The molecule has 0 spiro atoms. The van der Waals surface area contributed by atoms with E-state index in [1.54, 1.807) is 7.11 Å². The summed E-state index contributed by atoms with van der Waals surface area (Å²) in [7, 11) is 1.71. The maximum Gasteiger partial charge on any atom is 0.139 e.